The first-order valence-electron chi connectivity index (χ1n) is 6.67. The largest absolute Gasteiger partial charge is 2.00 e. The Kier molecular flexibility index (Phi) is 8.12. The van der Waals surface area contributed by atoms with Gasteiger partial charge in [0.2, 0.25) is 0 Å². The molecule has 0 fully saturated rings. The van der Waals surface area contributed by atoms with Crippen LogP contribution in [0, 0.1) is 0 Å². The second kappa shape index (κ2) is 8.33. The van der Waals surface area contributed by atoms with Crippen LogP contribution in [0.5, 0.6) is 0 Å². The van der Waals surface area contributed by atoms with Crippen LogP contribution in [0.4, 0.5) is 0 Å². The molecule has 114 valence electrons. The summed E-state index contributed by atoms with van der Waals surface area (Å²) in [5.74, 6) is 0.269. The van der Waals surface area contributed by atoms with Gasteiger partial charge in [0, 0.05) is 5.92 Å². The van der Waals surface area contributed by atoms with Crippen molar-refractivity contribution in [2.45, 2.75) is 25.4 Å². The molecule has 0 aromatic heterocycles. The predicted molar refractivity (Wildman–Crippen MR) is 80.2 cm³/mol. The predicted octanol–water partition coefficient (Wildman–Crippen LogP) is -1.72. The van der Waals surface area contributed by atoms with E-state index in [9.17, 15) is 5.11 Å². The van der Waals surface area contributed by atoms with Crippen molar-refractivity contribution in [2.75, 3.05) is 0 Å². The Morgan fingerprint density at radius 3 is 2.09 bits per heavy atom. The van der Waals surface area contributed by atoms with Gasteiger partial charge in [-0.2, -0.15) is 0 Å². The van der Waals surface area contributed by atoms with Crippen LogP contribution in [-0.4, -0.2) is 5.11 Å². The van der Waals surface area contributed by atoms with E-state index in [1.54, 1.807) is 0 Å². The van der Waals surface area contributed by atoms with Gasteiger partial charge in [-0.05, 0) is 35.7 Å². The molecular weight excluding hydrogens is 351 g/mol. The zero-order valence-corrected chi connectivity index (χ0v) is 15.6. The quantitative estimate of drug-likeness (QED) is 0.625. The molecule has 1 aliphatic carbocycles. The van der Waals surface area contributed by atoms with Crippen molar-refractivity contribution >= 4 is 10.8 Å². The molecule has 0 radical (unpaired) electrons. The minimum Gasteiger partial charge on any atom is -1.00 e. The molecule has 0 saturated carbocycles. The van der Waals surface area contributed by atoms with Crippen LogP contribution in [0.15, 0.2) is 60.7 Å². The van der Waals surface area contributed by atoms with Gasteiger partial charge in [-0.15, -0.1) is 0 Å². The second-order valence-electron chi connectivity index (χ2n) is 5.61. The molecule has 1 aliphatic rings. The molecule has 4 heteroatoms. The summed E-state index contributed by atoms with van der Waals surface area (Å²) < 4.78 is 0. The Bertz CT molecular complexity index is 675. The molecule has 0 saturated heterocycles. The zero-order valence-electron chi connectivity index (χ0n) is 12.6. The van der Waals surface area contributed by atoms with E-state index in [4.69, 9.17) is 0 Å². The van der Waals surface area contributed by atoms with Crippen molar-refractivity contribution in [3.63, 3.8) is 0 Å². The van der Waals surface area contributed by atoms with Crippen molar-refractivity contribution < 1.29 is 51.6 Å². The van der Waals surface area contributed by atoms with Gasteiger partial charge < -0.3 is 29.9 Å². The van der Waals surface area contributed by atoms with Crippen LogP contribution in [0.2, 0.25) is 0 Å². The molecule has 3 rings (SSSR count). The Hall–Kier alpha value is -0.566. The Balaban J connectivity index is 0.00000147. The summed E-state index contributed by atoms with van der Waals surface area (Å²) in [6.45, 7) is 3.72. The third-order valence-electron chi connectivity index (χ3n) is 3.68. The average molecular weight is 369 g/mol. The molecule has 0 unspecified atom stereocenters. The number of benzene rings is 2. The Labute approximate surface area is 159 Å². The molecule has 2 aromatic rings. The van der Waals surface area contributed by atoms with E-state index >= 15 is 0 Å². The summed E-state index contributed by atoms with van der Waals surface area (Å²) >= 11 is 0. The number of allylic oxidation sites excluding steroid dienone is 4. The summed E-state index contributed by atoms with van der Waals surface area (Å²) in [6, 6.07) is 12.5. The van der Waals surface area contributed by atoms with Gasteiger partial charge in [0.1, 0.15) is 0 Å². The summed E-state index contributed by atoms with van der Waals surface area (Å²) in [6.07, 6.45) is 8.46. The van der Waals surface area contributed by atoms with Crippen LogP contribution >= 0.6 is 0 Å². The third-order valence-corrected chi connectivity index (χ3v) is 3.68. The fourth-order valence-corrected chi connectivity index (χ4v) is 2.89. The van der Waals surface area contributed by atoms with Gasteiger partial charge in [0.25, 0.3) is 0 Å². The number of fused-ring (bicyclic) bond motifs is 1. The molecule has 0 heterocycles. The standard InChI is InChI=1S/C18H18O.2ClH.Ti/c1-18(2,19)17-15-10-6-5-9-14(15)11-12-16(17)13-7-3-4-8-13;;;/h3-13,19H,1-2H3;2*1H;/q;;;+2/p-2. The van der Waals surface area contributed by atoms with Crippen molar-refractivity contribution in [3.8, 4) is 0 Å². The molecule has 0 spiro atoms. The average Bonchev–Trinajstić information content (AvgIpc) is 2.90. The SMILES string of the molecule is CC(C)(O)c1c(C2C=CC=C2)ccc2ccccc12.[Cl-].[Cl-].[Ti+2]. The molecule has 2 aromatic carbocycles. The van der Waals surface area contributed by atoms with Gasteiger partial charge in [0.15, 0.2) is 0 Å². The molecule has 22 heavy (non-hydrogen) atoms. The Morgan fingerprint density at radius 1 is 0.909 bits per heavy atom. The number of halogens is 2. The molecule has 0 atom stereocenters. The van der Waals surface area contributed by atoms with E-state index in [0.29, 0.717) is 0 Å². The number of hydrogen-bond donors (Lipinski definition) is 1. The summed E-state index contributed by atoms with van der Waals surface area (Å²) in [4.78, 5) is 0. The van der Waals surface area contributed by atoms with Crippen LogP contribution in [0.25, 0.3) is 10.8 Å². The first-order chi connectivity index (χ1) is 9.07. The van der Waals surface area contributed by atoms with E-state index in [0.717, 1.165) is 10.9 Å². The van der Waals surface area contributed by atoms with Gasteiger partial charge in [-0.1, -0.05) is 60.7 Å². The molecule has 0 bridgehead atoms. The number of rotatable bonds is 2. The van der Waals surface area contributed by atoms with E-state index < -0.39 is 5.60 Å². The number of hydrogen-bond acceptors (Lipinski definition) is 1. The van der Waals surface area contributed by atoms with Gasteiger partial charge >= 0.3 is 21.7 Å². The second-order valence-corrected chi connectivity index (χ2v) is 5.61. The first-order valence-corrected chi connectivity index (χ1v) is 6.67. The van der Waals surface area contributed by atoms with Crippen molar-refractivity contribution in [2.24, 2.45) is 0 Å². The molecule has 0 aliphatic heterocycles. The van der Waals surface area contributed by atoms with Gasteiger partial charge in [0.05, 0.1) is 5.60 Å². The minimum absolute atomic E-state index is 0. The van der Waals surface area contributed by atoms with Crippen LogP contribution in [0.1, 0.15) is 30.9 Å². The molecule has 0 amide bonds. The smallest absolute Gasteiger partial charge is 1.00 e. The molecule has 1 N–H and O–H groups in total. The summed E-state index contributed by atoms with van der Waals surface area (Å²) in [7, 11) is 0. The minimum atomic E-state index is -0.847. The van der Waals surface area contributed by atoms with Gasteiger partial charge in [-0.25, -0.2) is 0 Å². The first kappa shape index (κ1) is 21.4. The topological polar surface area (TPSA) is 20.2 Å². The van der Waals surface area contributed by atoms with Crippen LogP contribution in [0.3, 0.4) is 0 Å². The fraction of sp³-hybridized carbons (Fsp3) is 0.222. The normalized spacial score (nSPS) is 13.4. The molecule has 1 nitrogen and oxygen atoms in total. The maximum atomic E-state index is 10.6. The number of aliphatic hydroxyl groups is 1. The maximum absolute atomic E-state index is 10.6. The van der Waals surface area contributed by atoms with E-state index in [1.165, 1.54) is 10.9 Å². The van der Waals surface area contributed by atoms with Crippen LogP contribution in [-0.2, 0) is 27.3 Å². The van der Waals surface area contributed by atoms with E-state index in [2.05, 4.69) is 48.6 Å². The Morgan fingerprint density at radius 2 is 1.50 bits per heavy atom. The summed E-state index contributed by atoms with van der Waals surface area (Å²) in [5, 5.41) is 12.9. The third kappa shape index (κ3) is 4.04. The van der Waals surface area contributed by atoms with Crippen molar-refractivity contribution in [3.05, 3.63) is 71.8 Å². The maximum Gasteiger partial charge on any atom is 2.00 e. The van der Waals surface area contributed by atoms with E-state index in [-0.39, 0.29) is 52.4 Å². The van der Waals surface area contributed by atoms with Crippen molar-refractivity contribution in [1.29, 1.82) is 0 Å². The van der Waals surface area contributed by atoms with Crippen molar-refractivity contribution in [1.82, 2.24) is 0 Å². The summed E-state index contributed by atoms with van der Waals surface area (Å²) in [5.41, 5.74) is 1.38. The zero-order chi connectivity index (χ0) is 13.5. The van der Waals surface area contributed by atoms with Crippen LogP contribution < -0.4 is 24.8 Å². The van der Waals surface area contributed by atoms with Gasteiger partial charge in [-0.3, -0.25) is 0 Å². The molecular formula is C18H18Cl2OTi. The fourth-order valence-electron chi connectivity index (χ4n) is 2.89. The monoisotopic (exact) mass is 368 g/mol. The van der Waals surface area contributed by atoms with E-state index in [1.807, 2.05) is 26.0 Å².